The van der Waals surface area contributed by atoms with Gasteiger partial charge in [0.25, 0.3) is 11.6 Å². The molecule has 0 bridgehead atoms. The van der Waals surface area contributed by atoms with Crippen molar-refractivity contribution < 1.29 is 123 Å². The van der Waals surface area contributed by atoms with Crippen LogP contribution in [0.5, 0.6) is 0 Å². The Kier molecular flexibility index (Phi) is 16.7. The molecule has 17 heteroatoms. The van der Waals surface area contributed by atoms with E-state index in [1.807, 2.05) is 0 Å². The largest absolute Gasteiger partial charge is 0.685 e. The number of aryl methyl sites for hydroxylation is 1. The number of amides is 1. The van der Waals surface area contributed by atoms with Gasteiger partial charge in [0.2, 0.25) is 0 Å². The summed E-state index contributed by atoms with van der Waals surface area (Å²) < 4.78 is 7.44. The number of carbonyl (C=O) groups is 1. The van der Waals surface area contributed by atoms with E-state index >= 15 is 0 Å². The number of nitrogens with zero attached hydrogens (tertiary/aromatic N) is 3. The van der Waals surface area contributed by atoms with E-state index in [1.54, 1.807) is 20.2 Å². The minimum absolute atomic E-state index is 0. The summed E-state index contributed by atoms with van der Waals surface area (Å²) in [5, 5.41) is 63.0. The van der Waals surface area contributed by atoms with Gasteiger partial charge >= 0.3 is 0 Å². The average Bonchev–Trinajstić information content (AvgIpc) is 2.84. The summed E-state index contributed by atoms with van der Waals surface area (Å²) in [5.41, 5.74) is 2.07. The maximum Gasteiger partial charge on any atom is 0.283 e. The molecule has 5 unspecified atom stereocenters. The average molecular weight is 1310 g/mol. The summed E-state index contributed by atoms with van der Waals surface area (Å²) in [6, 6.07) is 1.42. The van der Waals surface area contributed by atoms with Gasteiger partial charge in [-0.3, -0.25) is 14.9 Å². The molecule has 1 amide bonds. The van der Waals surface area contributed by atoms with Crippen LogP contribution in [0.4, 0.5) is 17.1 Å². The normalized spacial score (nSPS) is 22.3. The second-order valence-electron chi connectivity index (χ2n) is 8.13. The van der Waals surface area contributed by atoms with Crippen LogP contribution in [0.2, 0.25) is 0 Å². The minimum atomic E-state index is -1.76. The third-order valence-corrected chi connectivity index (χ3v) is 9.07. The van der Waals surface area contributed by atoms with Crippen molar-refractivity contribution in [1.29, 1.82) is 0 Å². The van der Waals surface area contributed by atoms with Crippen LogP contribution in [-0.2, 0) is 4.74 Å². The summed E-state index contributed by atoms with van der Waals surface area (Å²) in [6.45, 7) is 0.868. The molecule has 1 aliphatic heterocycles. The number of nitro benzene ring substituents is 1. The molecule has 2 radical (unpaired) electrons. The second-order valence-corrected chi connectivity index (χ2v) is 11.4. The first-order valence-corrected chi connectivity index (χ1v) is 13.9. The Morgan fingerprint density at radius 1 is 1.05 bits per heavy atom. The predicted molar refractivity (Wildman–Crippen MR) is 161 cm³/mol. The quantitative estimate of drug-likeness (QED) is 0.159. The van der Waals surface area contributed by atoms with Gasteiger partial charge in [-0.15, -0.1) is 25.5 Å². The number of nitro groups is 1. The zero-order valence-electron chi connectivity index (χ0n) is 20.8. The molecule has 2 aromatic rings. The van der Waals surface area contributed by atoms with Gasteiger partial charge in [0.1, 0.15) is 29.9 Å². The first-order chi connectivity index (χ1) is 17.4. The fourth-order valence-electron chi connectivity index (χ4n) is 4.11. The molecule has 5 atom stereocenters. The van der Waals surface area contributed by atoms with Crippen molar-refractivity contribution in [2.45, 2.75) is 37.6 Å². The first kappa shape index (κ1) is 38.8. The molecule has 12 nitrogen and oxygen atoms in total. The first-order valence-electron chi connectivity index (χ1n) is 10.7. The third-order valence-electron chi connectivity index (χ3n) is 5.94. The van der Waals surface area contributed by atoms with E-state index in [-0.39, 0.29) is 99.3 Å². The van der Waals surface area contributed by atoms with Gasteiger partial charge in [-0.25, -0.2) is 0 Å². The summed E-state index contributed by atoms with van der Waals surface area (Å²) in [5.74, 6) is -0.947. The monoisotopic (exact) mass is 1310 g/mol. The number of aliphatic hydroxyl groups excluding tert-OH is 4. The molecule has 208 valence electrons. The molecule has 2 aromatic carbocycles. The number of hydrogen-bond donors (Lipinski definition) is 5. The van der Waals surface area contributed by atoms with Crippen molar-refractivity contribution in [2.75, 3.05) is 20.7 Å². The number of halogens is 3. The van der Waals surface area contributed by atoms with Gasteiger partial charge in [0, 0.05) is 107 Å². The Labute approximate surface area is 337 Å². The van der Waals surface area contributed by atoms with Crippen LogP contribution in [0.25, 0.3) is 21.8 Å². The Morgan fingerprint density at radius 2 is 1.59 bits per heavy atom. The Morgan fingerprint density at radius 3 is 2.05 bits per heavy atom. The minimum Gasteiger partial charge on any atom is -0.685 e. The fraction of sp³-hybridized carbons (Fsp3) is 0.409. The molecule has 1 fully saturated rings. The Balaban J connectivity index is 0.00000380. The SMILES string of the molecule is C[N-]c1c(I)c([N-]C)c(I)c(-c2cc(C)c(C(=O)NC3C(O)OC(CO)C(O)C3O)c([N+](=O)[O-])c2)c1I.[Ac].[Ac]. The van der Waals surface area contributed by atoms with E-state index < -0.39 is 53.8 Å². The van der Waals surface area contributed by atoms with Gasteiger partial charge in [0.05, 0.1) is 11.5 Å². The molecule has 1 heterocycles. The molecule has 0 saturated carbocycles. The Bertz CT molecular complexity index is 1210. The van der Waals surface area contributed by atoms with Crippen LogP contribution in [0, 0.1) is 116 Å². The van der Waals surface area contributed by atoms with Crippen LogP contribution < -0.4 is 5.32 Å². The van der Waals surface area contributed by atoms with Crippen LogP contribution in [0.3, 0.4) is 0 Å². The van der Waals surface area contributed by atoms with Gasteiger partial charge < -0.3 is 41.1 Å². The van der Waals surface area contributed by atoms with Crippen molar-refractivity contribution in [3.63, 3.8) is 0 Å². The fourth-order valence-corrected chi connectivity index (χ4v) is 8.87. The summed E-state index contributed by atoms with van der Waals surface area (Å²) in [7, 11) is 3.29. The van der Waals surface area contributed by atoms with E-state index in [9.17, 15) is 35.3 Å². The van der Waals surface area contributed by atoms with Crippen LogP contribution in [0.1, 0.15) is 15.9 Å². The zero-order valence-corrected chi connectivity index (χ0v) is 36.8. The number of hydrogen-bond acceptors (Lipinski definition) is 8. The van der Waals surface area contributed by atoms with Gasteiger partial charge in [-0.1, -0.05) is 6.07 Å². The summed E-state index contributed by atoms with van der Waals surface area (Å²) >= 11 is 6.43. The molecule has 1 aliphatic rings. The van der Waals surface area contributed by atoms with E-state index in [0.29, 0.717) is 22.5 Å². The zero-order chi connectivity index (χ0) is 27.8. The summed E-state index contributed by atoms with van der Waals surface area (Å²) in [4.78, 5) is 24.6. The topological polar surface area (TPSA) is 191 Å². The molecule has 0 spiro atoms. The van der Waals surface area contributed by atoms with Crippen molar-refractivity contribution in [3.8, 4) is 11.1 Å². The predicted octanol–water partition coefficient (Wildman–Crippen LogP) is 3.18. The van der Waals surface area contributed by atoms with Gasteiger partial charge in [-0.05, 0) is 89.4 Å². The number of rotatable bonds is 7. The molecule has 5 N–H and O–H groups in total. The molecule has 3 rings (SSSR count). The standard InChI is InChI=1S/C22H23I3N4O8.2Ac/c1-7-4-8(12-13(23)16(26-2)15(25)17(27-3)14(12)24)5-9(29(35)36)11(7)21(33)28-18-20(32)19(31)10(6-30)37-22(18)34;;/h4-5,10,18-20,22,30-32,34H,6H2,1-3H3,(H,28,33);;/q-2;;. The third kappa shape index (κ3) is 8.09. The smallest absolute Gasteiger partial charge is 0.283 e. The van der Waals surface area contributed by atoms with Gasteiger partial charge in [-0.2, -0.15) is 0 Å². The molecule has 39 heavy (non-hydrogen) atoms. The van der Waals surface area contributed by atoms with Crippen molar-refractivity contribution in [1.82, 2.24) is 5.32 Å². The van der Waals surface area contributed by atoms with E-state index in [0.717, 1.165) is 10.7 Å². The second kappa shape index (κ2) is 16.7. The molecule has 0 aromatic heterocycles. The van der Waals surface area contributed by atoms with E-state index in [2.05, 4.69) is 83.7 Å². The molecule has 1 saturated heterocycles. The van der Waals surface area contributed by atoms with Crippen LogP contribution >= 0.6 is 67.8 Å². The number of carbonyl (C=O) groups excluding carboxylic acids is 1. The molecular formula is C22H23Ac2I3N4O8-2. The van der Waals surface area contributed by atoms with E-state index in [4.69, 9.17) is 4.74 Å². The van der Waals surface area contributed by atoms with Crippen LogP contribution in [-0.4, -0.2) is 82.6 Å². The van der Waals surface area contributed by atoms with Crippen LogP contribution in [0.15, 0.2) is 12.1 Å². The number of benzene rings is 2. The van der Waals surface area contributed by atoms with Crippen molar-refractivity contribution in [2.24, 2.45) is 0 Å². The van der Waals surface area contributed by atoms with Crippen molar-refractivity contribution >= 4 is 90.7 Å². The maximum absolute atomic E-state index is 13.2. The summed E-state index contributed by atoms with van der Waals surface area (Å²) in [6.07, 6.45) is -6.31. The molecular weight excluding hydrogens is 1280 g/mol. The number of ether oxygens (including phenoxy) is 1. The molecule has 0 aliphatic carbocycles. The van der Waals surface area contributed by atoms with Crippen molar-refractivity contribution in [3.05, 3.63) is 54.7 Å². The number of nitrogens with one attached hydrogen (secondary N) is 1. The Hall–Kier alpha value is 1.78. The maximum atomic E-state index is 13.2. The van der Waals surface area contributed by atoms with Gasteiger partial charge in [0.15, 0.2) is 6.29 Å². The number of aliphatic hydroxyl groups is 4. The van der Waals surface area contributed by atoms with E-state index in [1.165, 1.54) is 13.0 Å².